The van der Waals surface area contributed by atoms with E-state index in [1.807, 2.05) is 49.6 Å². The Kier molecular flexibility index (Phi) is 2.93. The van der Waals surface area contributed by atoms with Crippen molar-refractivity contribution in [3.8, 4) is 11.1 Å². The maximum atomic E-state index is 4.22. The van der Waals surface area contributed by atoms with Crippen molar-refractivity contribution in [1.29, 1.82) is 0 Å². The Labute approximate surface area is 89.2 Å². The van der Waals surface area contributed by atoms with Crippen LogP contribution in [0.25, 0.3) is 11.1 Å². The predicted octanol–water partition coefficient (Wildman–Crippen LogP) is 2.58. The number of benzene rings is 1. The lowest BCUT2D eigenvalue weighted by molar-refractivity contribution is 1.09. The number of hydrogen-bond acceptors (Lipinski definition) is 3. The van der Waals surface area contributed by atoms with Crippen LogP contribution < -0.4 is 5.32 Å². The van der Waals surface area contributed by atoms with Crippen LogP contribution in [0.5, 0.6) is 0 Å². The third kappa shape index (κ3) is 2.31. The van der Waals surface area contributed by atoms with E-state index in [4.69, 9.17) is 0 Å². The Bertz CT molecular complexity index is 409. The molecule has 1 aromatic heterocycles. The summed E-state index contributed by atoms with van der Waals surface area (Å²) in [7, 11) is 0. The molecule has 2 aromatic rings. The summed E-state index contributed by atoms with van der Waals surface area (Å²) >= 11 is 0. The predicted molar refractivity (Wildman–Crippen MR) is 61.6 cm³/mol. The van der Waals surface area contributed by atoms with Gasteiger partial charge in [-0.05, 0) is 12.5 Å². The molecule has 0 unspecified atom stereocenters. The van der Waals surface area contributed by atoms with E-state index in [-0.39, 0.29) is 0 Å². The summed E-state index contributed by atoms with van der Waals surface area (Å²) in [5, 5.41) is 3.06. The number of nitrogens with zero attached hydrogens (tertiary/aromatic N) is 2. The van der Waals surface area contributed by atoms with Crippen molar-refractivity contribution in [2.45, 2.75) is 6.92 Å². The summed E-state index contributed by atoms with van der Waals surface area (Å²) in [5.74, 6) is 0.678. The largest absolute Gasteiger partial charge is 0.355 e. The SMILES string of the molecule is CCNc1ncc(-c2ccccc2)cn1. The highest BCUT2D eigenvalue weighted by Crippen LogP contribution is 2.16. The molecule has 0 saturated carbocycles. The number of aromatic nitrogens is 2. The van der Waals surface area contributed by atoms with Gasteiger partial charge in [-0.25, -0.2) is 9.97 Å². The van der Waals surface area contributed by atoms with Gasteiger partial charge in [0, 0.05) is 24.5 Å². The zero-order valence-corrected chi connectivity index (χ0v) is 8.64. The number of nitrogens with one attached hydrogen (secondary N) is 1. The molecule has 0 aliphatic rings. The van der Waals surface area contributed by atoms with E-state index in [0.29, 0.717) is 5.95 Å². The molecule has 3 nitrogen and oxygen atoms in total. The molecule has 0 amide bonds. The Morgan fingerprint density at radius 1 is 1.00 bits per heavy atom. The molecule has 3 heteroatoms. The van der Waals surface area contributed by atoms with Crippen LogP contribution in [-0.2, 0) is 0 Å². The Balaban J connectivity index is 2.24. The topological polar surface area (TPSA) is 37.8 Å². The molecule has 0 bridgehead atoms. The average molecular weight is 199 g/mol. The monoisotopic (exact) mass is 199 g/mol. The Morgan fingerprint density at radius 2 is 1.67 bits per heavy atom. The smallest absolute Gasteiger partial charge is 0.222 e. The molecule has 0 saturated heterocycles. The van der Waals surface area contributed by atoms with Gasteiger partial charge in [-0.1, -0.05) is 30.3 Å². The molecule has 0 fully saturated rings. The summed E-state index contributed by atoms with van der Waals surface area (Å²) in [6.45, 7) is 2.86. The first kappa shape index (κ1) is 9.65. The minimum atomic E-state index is 0.678. The fourth-order valence-corrected chi connectivity index (χ4v) is 1.36. The molecule has 0 atom stereocenters. The van der Waals surface area contributed by atoms with Crippen molar-refractivity contribution in [3.63, 3.8) is 0 Å². The van der Waals surface area contributed by atoms with Crippen LogP contribution in [0.3, 0.4) is 0 Å². The maximum Gasteiger partial charge on any atom is 0.222 e. The minimum absolute atomic E-state index is 0.678. The van der Waals surface area contributed by atoms with Gasteiger partial charge in [0.2, 0.25) is 5.95 Å². The molecule has 1 heterocycles. The van der Waals surface area contributed by atoms with Crippen LogP contribution >= 0.6 is 0 Å². The number of rotatable bonds is 3. The molecule has 0 aliphatic carbocycles. The van der Waals surface area contributed by atoms with Gasteiger partial charge < -0.3 is 5.32 Å². The second-order valence-electron chi connectivity index (χ2n) is 3.19. The highest BCUT2D eigenvalue weighted by Gasteiger charge is 1.98. The second-order valence-corrected chi connectivity index (χ2v) is 3.19. The number of anilines is 1. The van der Waals surface area contributed by atoms with Crippen molar-refractivity contribution in [1.82, 2.24) is 9.97 Å². The molecule has 15 heavy (non-hydrogen) atoms. The van der Waals surface area contributed by atoms with E-state index in [1.54, 1.807) is 0 Å². The van der Waals surface area contributed by atoms with Gasteiger partial charge in [0.25, 0.3) is 0 Å². The van der Waals surface area contributed by atoms with Crippen LogP contribution in [0.1, 0.15) is 6.92 Å². The van der Waals surface area contributed by atoms with Crippen LogP contribution in [0.2, 0.25) is 0 Å². The first-order chi connectivity index (χ1) is 7.40. The fourth-order valence-electron chi connectivity index (χ4n) is 1.36. The third-order valence-corrected chi connectivity index (χ3v) is 2.09. The third-order valence-electron chi connectivity index (χ3n) is 2.09. The first-order valence-corrected chi connectivity index (χ1v) is 5.01. The van der Waals surface area contributed by atoms with Gasteiger partial charge in [0.15, 0.2) is 0 Å². The van der Waals surface area contributed by atoms with Crippen molar-refractivity contribution in [3.05, 3.63) is 42.7 Å². The molecule has 1 aromatic carbocycles. The van der Waals surface area contributed by atoms with Crippen molar-refractivity contribution in [2.24, 2.45) is 0 Å². The van der Waals surface area contributed by atoms with Gasteiger partial charge in [-0.3, -0.25) is 0 Å². The van der Waals surface area contributed by atoms with E-state index in [0.717, 1.165) is 17.7 Å². The summed E-state index contributed by atoms with van der Waals surface area (Å²) in [5.41, 5.74) is 2.18. The zero-order valence-electron chi connectivity index (χ0n) is 8.64. The number of hydrogen-bond donors (Lipinski definition) is 1. The zero-order chi connectivity index (χ0) is 10.5. The molecule has 0 spiro atoms. The molecular weight excluding hydrogens is 186 g/mol. The molecule has 0 radical (unpaired) electrons. The average Bonchev–Trinajstić information content (AvgIpc) is 2.32. The van der Waals surface area contributed by atoms with Gasteiger partial charge in [0.1, 0.15) is 0 Å². The summed E-state index contributed by atoms with van der Waals surface area (Å²) in [6.07, 6.45) is 3.67. The van der Waals surface area contributed by atoms with Crippen LogP contribution in [0.4, 0.5) is 5.95 Å². The van der Waals surface area contributed by atoms with Crippen LogP contribution in [-0.4, -0.2) is 16.5 Å². The molecule has 76 valence electrons. The molecule has 0 aliphatic heterocycles. The van der Waals surface area contributed by atoms with Crippen molar-refractivity contribution < 1.29 is 0 Å². The van der Waals surface area contributed by atoms with Gasteiger partial charge in [-0.15, -0.1) is 0 Å². The summed E-state index contributed by atoms with van der Waals surface area (Å²) < 4.78 is 0. The lowest BCUT2D eigenvalue weighted by Crippen LogP contribution is -2.01. The summed E-state index contributed by atoms with van der Waals surface area (Å²) in [4.78, 5) is 8.45. The normalized spacial score (nSPS) is 9.93. The van der Waals surface area contributed by atoms with Crippen molar-refractivity contribution >= 4 is 5.95 Å². The van der Waals surface area contributed by atoms with Gasteiger partial charge in [0.05, 0.1) is 0 Å². The van der Waals surface area contributed by atoms with E-state index < -0.39 is 0 Å². The van der Waals surface area contributed by atoms with Crippen LogP contribution in [0.15, 0.2) is 42.7 Å². The van der Waals surface area contributed by atoms with Crippen molar-refractivity contribution in [2.75, 3.05) is 11.9 Å². The maximum absolute atomic E-state index is 4.22. The van der Waals surface area contributed by atoms with E-state index in [9.17, 15) is 0 Å². The standard InChI is InChI=1S/C12H13N3/c1-2-13-12-14-8-11(9-15-12)10-6-4-3-5-7-10/h3-9H,2H2,1H3,(H,13,14,15). The lowest BCUT2D eigenvalue weighted by Gasteiger charge is -2.02. The van der Waals surface area contributed by atoms with Crippen LogP contribution in [0, 0.1) is 0 Å². The second kappa shape index (κ2) is 4.55. The van der Waals surface area contributed by atoms with E-state index >= 15 is 0 Å². The Hall–Kier alpha value is -1.90. The fraction of sp³-hybridized carbons (Fsp3) is 0.167. The quantitative estimate of drug-likeness (QED) is 0.825. The minimum Gasteiger partial charge on any atom is -0.355 e. The van der Waals surface area contributed by atoms with E-state index in [2.05, 4.69) is 15.3 Å². The highest BCUT2D eigenvalue weighted by atomic mass is 15.1. The van der Waals surface area contributed by atoms with E-state index in [1.165, 1.54) is 0 Å². The molecule has 1 N–H and O–H groups in total. The van der Waals surface area contributed by atoms with Gasteiger partial charge >= 0.3 is 0 Å². The Morgan fingerprint density at radius 3 is 2.27 bits per heavy atom. The highest BCUT2D eigenvalue weighted by molar-refractivity contribution is 5.61. The first-order valence-electron chi connectivity index (χ1n) is 5.01. The molecule has 2 rings (SSSR count). The summed E-state index contributed by atoms with van der Waals surface area (Å²) in [6, 6.07) is 10.1. The lowest BCUT2D eigenvalue weighted by atomic mass is 10.1. The van der Waals surface area contributed by atoms with Gasteiger partial charge in [-0.2, -0.15) is 0 Å². The molecular formula is C12H13N3.